The molecule has 4 nitrogen and oxygen atoms in total. The largest absolute Gasteiger partial charge is 0.440 e. The smallest absolute Gasteiger partial charge is 0.435 e. The van der Waals surface area contributed by atoms with Crippen LogP contribution in [0, 0.1) is 0 Å². The lowest BCUT2D eigenvalue weighted by molar-refractivity contribution is 0.105. The molecule has 1 heterocycles. The molecule has 1 aromatic carbocycles. The summed E-state index contributed by atoms with van der Waals surface area (Å²) >= 11 is 3.22. The van der Waals surface area contributed by atoms with E-state index in [2.05, 4.69) is 21.0 Å². The molecule has 17 heavy (non-hydrogen) atoms. The highest BCUT2D eigenvalue weighted by molar-refractivity contribution is 9.10. The van der Waals surface area contributed by atoms with Gasteiger partial charge in [-0.3, -0.25) is 0 Å². The first-order chi connectivity index (χ1) is 8.16. The van der Waals surface area contributed by atoms with Gasteiger partial charge in [0.15, 0.2) is 0 Å². The van der Waals surface area contributed by atoms with Gasteiger partial charge in [-0.15, -0.1) is 0 Å². The summed E-state index contributed by atoms with van der Waals surface area (Å²) in [5.74, 6) is 0. The summed E-state index contributed by atoms with van der Waals surface area (Å²) in [6, 6.07) is 9.56. The molecule has 0 bridgehead atoms. The summed E-state index contributed by atoms with van der Waals surface area (Å²) < 4.78 is 7.17. The van der Waals surface area contributed by atoms with Crippen molar-refractivity contribution in [3.05, 3.63) is 52.8 Å². The molecule has 0 unspecified atom stereocenters. The average molecular weight is 295 g/mol. The van der Waals surface area contributed by atoms with E-state index in [9.17, 15) is 4.79 Å². The minimum Gasteiger partial charge on any atom is -0.440 e. The van der Waals surface area contributed by atoms with E-state index in [1.54, 1.807) is 6.20 Å². The van der Waals surface area contributed by atoms with Gasteiger partial charge < -0.3 is 4.74 Å². The molecule has 2 rings (SSSR count). The fourth-order valence-electron chi connectivity index (χ4n) is 1.40. The molecule has 0 amide bonds. The number of ether oxygens (including phenoxy) is 1. The lowest BCUT2D eigenvalue weighted by Crippen LogP contribution is -2.16. The molecule has 5 heteroatoms. The number of nitrogens with zero attached hydrogens (tertiary/aromatic N) is 2. The fourth-order valence-corrected chi connectivity index (χ4v) is 1.68. The Bertz CT molecular complexity index is 510. The molecular weight excluding hydrogens is 284 g/mol. The average Bonchev–Trinajstić information content (AvgIpc) is 2.77. The fraction of sp³-hybridized carbons (Fsp3) is 0.167. The third-order valence-corrected chi connectivity index (χ3v) is 2.69. The number of carbonyl (C=O) groups excluding carboxylic acids is 1. The van der Waals surface area contributed by atoms with Crippen LogP contribution in [0.2, 0.25) is 0 Å². The van der Waals surface area contributed by atoms with Crippen LogP contribution < -0.4 is 0 Å². The minimum atomic E-state index is -0.493. The molecule has 0 saturated carbocycles. The van der Waals surface area contributed by atoms with Gasteiger partial charge >= 0.3 is 6.09 Å². The molecule has 0 N–H and O–H groups in total. The van der Waals surface area contributed by atoms with Gasteiger partial charge in [-0.05, 0) is 28.4 Å². The van der Waals surface area contributed by atoms with Crippen molar-refractivity contribution >= 4 is 22.0 Å². The molecule has 1 aromatic heterocycles. The van der Waals surface area contributed by atoms with Crippen LogP contribution in [0.4, 0.5) is 4.79 Å². The SMILES string of the molecule is C[C@@H](OC(=O)n1cc(Br)cn1)c1ccccc1. The zero-order valence-corrected chi connectivity index (χ0v) is 10.8. The number of hydrogen-bond acceptors (Lipinski definition) is 3. The molecule has 0 aliphatic carbocycles. The molecule has 1 atom stereocenters. The van der Waals surface area contributed by atoms with Gasteiger partial charge in [0.1, 0.15) is 6.10 Å². The summed E-state index contributed by atoms with van der Waals surface area (Å²) in [4.78, 5) is 11.7. The molecule has 2 aromatic rings. The predicted molar refractivity (Wildman–Crippen MR) is 66.7 cm³/mol. The predicted octanol–water partition coefficient (Wildman–Crippen LogP) is 3.39. The molecule has 0 aliphatic heterocycles. The number of rotatable bonds is 2. The summed E-state index contributed by atoms with van der Waals surface area (Å²) in [5.41, 5.74) is 0.951. The molecule has 88 valence electrons. The van der Waals surface area contributed by atoms with Gasteiger partial charge in [0.05, 0.1) is 16.9 Å². The minimum absolute atomic E-state index is 0.299. The van der Waals surface area contributed by atoms with Crippen molar-refractivity contribution in [1.29, 1.82) is 0 Å². The Morgan fingerprint density at radius 2 is 2.12 bits per heavy atom. The van der Waals surface area contributed by atoms with E-state index in [0.29, 0.717) is 0 Å². The molecular formula is C12H11BrN2O2. The van der Waals surface area contributed by atoms with Gasteiger partial charge in [-0.2, -0.15) is 9.78 Å². The Balaban J connectivity index is 2.04. The molecule has 0 saturated heterocycles. The zero-order chi connectivity index (χ0) is 12.3. The molecule has 0 radical (unpaired) electrons. The maximum absolute atomic E-state index is 11.7. The van der Waals surface area contributed by atoms with Gasteiger partial charge in [-0.25, -0.2) is 4.79 Å². The quantitative estimate of drug-likeness (QED) is 0.853. The highest BCUT2D eigenvalue weighted by Crippen LogP contribution is 2.17. The highest BCUT2D eigenvalue weighted by atomic mass is 79.9. The van der Waals surface area contributed by atoms with Crippen molar-refractivity contribution in [2.75, 3.05) is 0 Å². The Kier molecular flexibility index (Phi) is 3.58. The Morgan fingerprint density at radius 3 is 2.71 bits per heavy atom. The normalized spacial score (nSPS) is 12.1. The molecule has 0 fully saturated rings. The topological polar surface area (TPSA) is 44.1 Å². The van der Waals surface area contributed by atoms with Crippen LogP contribution in [0.25, 0.3) is 0 Å². The number of benzene rings is 1. The van der Waals surface area contributed by atoms with E-state index in [-0.39, 0.29) is 6.10 Å². The summed E-state index contributed by atoms with van der Waals surface area (Å²) in [6.45, 7) is 1.83. The lowest BCUT2D eigenvalue weighted by atomic mass is 10.1. The third kappa shape index (κ3) is 2.94. The van der Waals surface area contributed by atoms with E-state index < -0.39 is 6.09 Å². The first-order valence-electron chi connectivity index (χ1n) is 5.13. The first kappa shape index (κ1) is 11.9. The van der Waals surface area contributed by atoms with Crippen LogP contribution in [0.3, 0.4) is 0 Å². The van der Waals surface area contributed by atoms with E-state index in [1.165, 1.54) is 6.20 Å². The second kappa shape index (κ2) is 5.14. The molecule has 0 aliphatic rings. The Labute approximate surface area is 107 Å². The Morgan fingerprint density at radius 1 is 1.41 bits per heavy atom. The van der Waals surface area contributed by atoms with Crippen LogP contribution in [0.5, 0.6) is 0 Å². The standard InChI is InChI=1S/C12H11BrN2O2/c1-9(10-5-3-2-4-6-10)17-12(16)15-8-11(13)7-14-15/h2-9H,1H3/t9-/m1/s1. The maximum atomic E-state index is 11.7. The van der Waals surface area contributed by atoms with Crippen molar-refractivity contribution in [3.63, 3.8) is 0 Å². The maximum Gasteiger partial charge on any atom is 0.435 e. The summed E-state index contributed by atoms with van der Waals surface area (Å²) in [6.07, 6.45) is 2.30. The number of aromatic nitrogens is 2. The number of carbonyl (C=O) groups is 1. The summed E-state index contributed by atoms with van der Waals surface area (Å²) in [5, 5.41) is 3.86. The third-order valence-electron chi connectivity index (χ3n) is 2.28. The van der Waals surface area contributed by atoms with Crippen LogP contribution >= 0.6 is 15.9 Å². The second-order valence-corrected chi connectivity index (χ2v) is 4.46. The van der Waals surface area contributed by atoms with Crippen molar-refractivity contribution in [3.8, 4) is 0 Å². The van der Waals surface area contributed by atoms with Gasteiger partial charge in [0.2, 0.25) is 0 Å². The number of halogens is 1. The van der Waals surface area contributed by atoms with Crippen LogP contribution in [0.1, 0.15) is 18.6 Å². The van der Waals surface area contributed by atoms with E-state index in [0.717, 1.165) is 14.7 Å². The van der Waals surface area contributed by atoms with Crippen LogP contribution in [-0.4, -0.2) is 15.9 Å². The van der Waals surface area contributed by atoms with E-state index in [4.69, 9.17) is 4.74 Å². The lowest BCUT2D eigenvalue weighted by Gasteiger charge is -2.12. The van der Waals surface area contributed by atoms with Gasteiger partial charge in [-0.1, -0.05) is 30.3 Å². The van der Waals surface area contributed by atoms with E-state index >= 15 is 0 Å². The first-order valence-corrected chi connectivity index (χ1v) is 5.92. The van der Waals surface area contributed by atoms with Crippen LogP contribution in [-0.2, 0) is 4.74 Å². The van der Waals surface area contributed by atoms with Crippen molar-refractivity contribution in [2.45, 2.75) is 13.0 Å². The van der Waals surface area contributed by atoms with Crippen LogP contribution in [0.15, 0.2) is 47.2 Å². The Hall–Kier alpha value is -1.62. The van der Waals surface area contributed by atoms with Gasteiger partial charge in [0, 0.05) is 0 Å². The van der Waals surface area contributed by atoms with E-state index in [1.807, 2.05) is 37.3 Å². The number of hydrogen-bond donors (Lipinski definition) is 0. The van der Waals surface area contributed by atoms with Crippen molar-refractivity contribution in [2.24, 2.45) is 0 Å². The second-order valence-electron chi connectivity index (χ2n) is 3.54. The molecule has 0 spiro atoms. The van der Waals surface area contributed by atoms with Crippen molar-refractivity contribution < 1.29 is 9.53 Å². The van der Waals surface area contributed by atoms with Crippen molar-refractivity contribution in [1.82, 2.24) is 9.78 Å². The highest BCUT2D eigenvalue weighted by Gasteiger charge is 2.13. The zero-order valence-electron chi connectivity index (χ0n) is 9.21. The monoisotopic (exact) mass is 294 g/mol. The summed E-state index contributed by atoms with van der Waals surface area (Å²) in [7, 11) is 0. The van der Waals surface area contributed by atoms with Gasteiger partial charge in [0.25, 0.3) is 0 Å².